The van der Waals surface area contributed by atoms with Crippen molar-refractivity contribution < 1.29 is 31.1 Å². The van der Waals surface area contributed by atoms with E-state index in [2.05, 4.69) is 10.0 Å². The summed E-state index contributed by atoms with van der Waals surface area (Å²) in [5.41, 5.74) is -0.309. The minimum Gasteiger partial charge on any atom is -0.462 e. The number of nitrogens with one attached hydrogen (secondary N) is 2. The maximum absolute atomic E-state index is 14.0. The maximum Gasteiger partial charge on any atom is 0.417 e. The molecule has 0 radical (unpaired) electrons. The molecule has 1 heterocycles. The van der Waals surface area contributed by atoms with Crippen LogP contribution in [0.4, 0.5) is 24.5 Å². The number of benzene rings is 3. The predicted molar refractivity (Wildman–Crippen MR) is 131 cm³/mol. The number of sulfonamides is 1. The van der Waals surface area contributed by atoms with Gasteiger partial charge in [-0.25, -0.2) is 13.1 Å². The van der Waals surface area contributed by atoms with Crippen LogP contribution in [0.5, 0.6) is 0 Å². The van der Waals surface area contributed by atoms with Gasteiger partial charge in [-0.05, 0) is 48.4 Å². The van der Waals surface area contributed by atoms with Crippen LogP contribution in [0.2, 0.25) is 10.0 Å². The molecule has 3 aromatic rings. The number of ether oxygens (including phenoxy) is 2. The molecule has 0 amide bonds. The summed E-state index contributed by atoms with van der Waals surface area (Å²) in [6.45, 7) is -0.121. The highest BCUT2D eigenvalue weighted by atomic mass is 35.5. The molecule has 0 aliphatic carbocycles. The molecule has 0 fully saturated rings. The molecule has 1 aliphatic heterocycles. The van der Waals surface area contributed by atoms with E-state index in [9.17, 15) is 21.6 Å². The molecule has 36 heavy (non-hydrogen) atoms. The smallest absolute Gasteiger partial charge is 0.417 e. The van der Waals surface area contributed by atoms with E-state index in [0.29, 0.717) is 16.8 Å². The van der Waals surface area contributed by atoms with Crippen LogP contribution in [0.25, 0.3) is 0 Å². The SMILES string of the molecule is O=S(=O)(NC(Cc1ccccc1)C1=COCO1)c1ccc(Nc2ccc(Cl)cc2Cl)cc1C(F)(F)F. The average Bonchev–Trinajstić information content (AvgIpc) is 3.35. The third-order valence-corrected chi connectivity index (χ3v) is 7.28. The Balaban J connectivity index is 1.67. The monoisotopic (exact) mass is 558 g/mol. The Morgan fingerprint density at radius 1 is 1.00 bits per heavy atom. The van der Waals surface area contributed by atoms with Crippen molar-refractivity contribution in [3.63, 3.8) is 0 Å². The summed E-state index contributed by atoms with van der Waals surface area (Å²) >= 11 is 12.0. The molecule has 190 valence electrons. The molecule has 4 rings (SSSR count). The fourth-order valence-electron chi connectivity index (χ4n) is 3.55. The van der Waals surface area contributed by atoms with Gasteiger partial charge in [0.2, 0.25) is 16.8 Å². The Labute approximate surface area is 215 Å². The molecule has 0 saturated carbocycles. The van der Waals surface area contributed by atoms with Crippen LogP contribution in [0, 0.1) is 0 Å². The topological polar surface area (TPSA) is 76.7 Å². The molecule has 0 aromatic heterocycles. The Morgan fingerprint density at radius 3 is 2.39 bits per heavy atom. The predicted octanol–water partition coefficient (Wildman–Crippen LogP) is 6.49. The van der Waals surface area contributed by atoms with Crippen LogP contribution in [0.1, 0.15) is 11.1 Å². The molecular formula is C24H19Cl2F3N2O4S. The summed E-state index contributed by atoms with van der Waals surface area (Å²) in [6.07, 6.45) is -3.60. The van der Waals surface area contributed by atoms with E-state index in [1.807, 2.05) is 0 Å². The van der Waals surface area contributed by atoms with Crippen LogP contribution >= 0.6 is 23.2 Å². The molecule has 12 heteroatoms. The lowest BCUT2D eigenvalue weighted by molar-refractivity contribution is -0.139. The summed E-state index contributed by atoms with van der Waals surface area (Å²) in [6, 6.07) is 15.1. The molecular weight excluding hydrogens is 540 g/mol. The molecule has 6 nitrogen and oxygen atoms in total. The van der Waals surface area contributed by atoms with Crippen LogP contribution in [0.15, 0.2) is 83.6 Å². The van der Waals surface area contributed by atoms with E-state index in [-0.39, 0.29) is 29.7 Å². The molecule has 3 aromatic carbocycles. The highest BCUT2D eigenvalue weighted by molar-refractivity contribution is 7.89. The van der Waals surface area contributed by atoms with Crippen molar-refractivity contribution in [1.29, 1.82) is 0 Å². The van der Waals surface area contributed by atoms with Gasteiger partial charge < -0.3 is 14.8 Å². The van der Waals surface area contributed by atoms with E-state index >= 15 is 0 Å². The van der Waals surface area contributed by atoms with Crippen molar-refractivity contribution in [2.75, 3.05) is 12.1 Å². The van der Waals surface area contributed by atoms with E-state index in [0.717, 1.165) is 11.6 Å². The van der Waals surface area contributed by atoms with Crippen LogP contribution < -0.4 is 10.0 Å². The van der Waals surface area contributed by atoms with Gasteiger partial charge in [0, 0.05) is 10.7 Å². The first-order valence-corrected chi connectivity index (χ1v) is 12.7. The lowest BCUT2D eigenvalue weighted by Gasteiger charge is -2.21. The number of hydrogen-bond donors (Lipinski definition) is 2. The van der Waals surface area contributed by atoms with Gasteiger partial charge in [-0.15, -0.1) is 0 Å². The summed E-state index contributed by atoms with van der Waals surface area (Å²) < 4.78 is 81.1. The van der Waals surface area contributed by atoms with Gasteiger partial charge in [0.05, 0.1) is 27.2 Å². The fourth-order valence-corrected chi connectivity index (χ4v) is 5.41. The van der Waals surface area contributed by atoms with Gasteiger partial charge in [-0.3, -0.25) is 0 Å². The van der Waals surface area contributed by atoms with E-state index in [4.69, 9.17) is 32.7 Å². The van der Waals surface area contributed by atoms with Gasteiger partial charge in [0.15, 0.2) is 5.76 Å². The number of halogens is 5. The largest absolute Gasteiger partial charge is 0.462 e. The van der Waals surface area contributed by atoms with Crippen molar-refractivity contribution in [1.82, 2.24) is 4.72 Å². The van der Waals surface area contributed by atoms with Crippen molar-refractivity contribution in [3.8, 4) is 0 Å². The Hall–Kier alpha value is -2.92. The summed E-state index contributed by atoms with van der Waals surface area (Å²) in [5.74, 6) is 0.159. The number of anilines is 2. The highest BCUT2D eigenvalue weighted by Gasteiger charge is 2.39. The lowest BCUT2D eigenvalue weighted by atomic mass is 10.1. The summed E-state index contributed by atoms with van der Waals surface area (Å²) in [5, 5.41) is 3.30. The van der Waals surface area contributed by atoms with Crippen LogP contribution in [-0.2, 0) is 32.1 Å². The molecule has 1 aliphatic rings. The van der Waals surface area contributed by atoms with Gasteiger partial charge in [-0.1, -0.05) is 53.5 Å². The second-order valence-corrected chi connectivity index (χ2v) is 10.3. The normalized spacial score (nSPS) is 14.5. The van der Waals surface area contributed by atoms with Gasteiger partial charge in [0.25, 0.3) is 0 Å². The van der Waals surface area contributed by atoms with Gasteiger partial charge >= 0.3 is 6.18 Å². The Bertz CT molecular complexity index is 1380. The molecule has 1 atom stereocenters. The second kappa shape index (κ2) is 10.6. The van der Waals surface area contributed by atoms with Crippen molar-refractivity contribution >= 4 is 44.6 Å². The van der Waals surface area contributed by atoms with Crippen molar-refractivity contribution in [3.05, 3.63) is 99.9 Å². The zero-order valence-corrected chi connectivity index (χ0v) is 20.7. The van der Waals surface area contributed by atoms with Crippen molar-refractivity contribution in [2.24, 2.45) is 0 Å². The molecule has 1 unspecified atom stereocenters. The molecule has 0 bridgehead atoms. The molecule has 0 spiro atoms. The summed E-state index contributed by atoms with van der Waals surface area (Å²) in [4.78, 5) is -0.930. The van der Waals surface area contributed by atoms with Gasteiger partial charge in [0.1, 0.15) is 6.26 Å². The fraction of sp³-hybridized carbons (Fsp3) is 0.167. The first kappa shape index (κ1) is 26.2. The van der Waals surface area contributed by atoms with E-state index in [1.54, 1.807) is 30.3 Å². The van der Waals surface area contributed by atoms with Crippen LogP contribution in [-0.4, -0.2) is 21.3 Å². The Kier molecular flexibility index (Phi) is 7.70. The first-order chi connectivity index (χ1) is 17.0. The van der Waals surface area contributed by atoms with E-state index in [1.165, 1.54) is 30.5 Å². The standard InChI is InChI=1S/C24H19Cl2F3N2O4S/c25-16-6-8-20(19(26)11-16)30-17-7-9-23(18(12-17)24(27,28)29)36(32,33)31-21(22-13-34-14-35-22)10-15-4-2-1-3-5-15/h1-9,11-13,21,30-31H,10,14H2. The number of rotatable bonds is 8. The van der Waals surface area contributed by atoms with Gasteiger partial charge in [-0.2, -0.15) is 13.2 Å². The quantitative estimate of drug-likeness (QED) is 0.330. The van der Waals surface area contributed by atoms with Crippen molar-refractivity contribution in [2.45, 2.75) is 23.5 Å². The first-order valence-electron chi connectivity index (χ1n) is 10.5. The zero-order valence-electron chi connectivity index (χ0n) is 18.4. The minimum atomic E-state index is -4.97. The summed E-state index contributed by atoms with van der Waals surface area (Å²) in [7, 11) is -4.65. The Morgan fingerprint density at radius 2 is 1.75 bits per heavy atom. The zero-order chi connectivity index (χ0) is 25.9. The number of alkyl halides is 3. The lowest BCUT2D eigenvalue weighted by Crippen LogP contribution is -2.39. The average molecular weight is 559 g/mol. The third kappa shape index (κ3) is 6.25. The van der Waals surface area contributed by atoms with Crippen LogP contribution in [0.3, 0.4) is 0 Å². The number of hydrogen-bond acceptors (Lipinski definition) is 5. The highest BCUT2D eigenvalue weighted by Crippen LogP contribution is 2.37. The molecule has 2 N–H and O–H groups in total. The minimum absolute atomic E-state index is 0.0124. The third-order valence-electron chi connectivity index (χ3n) is 5.20. The van der Waals surface area contributed by atoms with E-state index < -0.39 is 32.7 Å². The maximum atomic E-state index is 14.0. The molecule has 0 saturated heterocycles. The second-order valence-electron chi connectivity index (χ2n) is 7.77.